The lowest BCUT2D eigenvalue weighted by Gasteiger charge is -2.38. The fourth-order valence-corrected chi connectivity index (χ4v) is 4.39. The minimum atomic E-state index is -0.856. The van der Waals surface area contributed by atoms with Gasteiger partial charge in [0.15, 0.2) is 0 Å². The third kappa shape index (κ3) is 3.64. The van der Waals surface area contributed by atoms with E-state index < -0.39 is 5.54 Å². The normalized spacial score (nSPS) is 23.1. The van der Waals surface area contributed by atoms with Gasteiger partial charge in [-0.25, -0.2) is 4.79 Å². The summed E-state index contributed by atoms with van der Waals surface area (Å²) >= 11 is 0. The number of hydrogen-bond acceptors (Lipinski definition) is 4. The molecule has 2 saturated heterocycles. The van der Waals surface area contributed by atoms with Crippen LogP contribution in [0.2, 0.25) is 0 Å². The van der Waals surface area contributed by atoms with Gasteiger partial charge in [-0.15, -0.1) is 0 Å². The first-order valence-corrected chi connectivity index (χ1v) is 9.98. The Bertz CT molecular complexity index is 821. The molecule has 0 spiro atoms. The molecule has 2 aromatic rings. The summed E-state index contributed by atoms with van der Waals surface area (Å²) in [6, 6.07) is 15.4. The molecule has 2 aliphatic rings. The highest BCUT2D eigenvalue weighted by molar-refractivity contribution is 6.07. The van der Waals surface area contributed by atoms with Gasteiger partial charge in [0.1, 0.15) is 5.54 Å². The quantitative estimate of drug-likeness (QED) is 0.756. The van der Waals surface area contributed by atoms with Crippen molar-refractivity contribution >= 4 is 11.9 Å². The number of rotatable bonds is 6. The maximum atomic E-state index is 13.6. The number of benzene rings is 1. The Morgan fingerprint density at radius 3 is 2.50 bits per heavy atom. The number of carbonyl (C=O) groups is 2. The van der Waals surface area contributed by atoms with Gasteiger partial charge in [-0.05, 0) is 49.5 Å². The molecule has 4 rings (SSSR count). The summed E-state index contributed by atoms with van der Waals surface area (Å²) in [4.78, 5) is 32.1. The van der Waals surface area contributed by atoms with Gasteiger partial charge in [0.05, 0.1) is 0 Å². The molecule has 0 aliphatic carbocycles. The number of piperidine rings is 1. The molecule has 0 saturated carbocycles. The van der Waals surface area contributed by atoms with E-state index in [1.807, 2.05) is 48.5 Å². The Hall–Kier alpha value is -2.73. The van der Waals surface area contributed by atoms with E-state index in [0.29, 0.717) is 19.4 Å². The highest BCUT2D eigenvalue weighted by atomic mass is 16.2. The van der Waals surface area contributed by atoms with E-state index in [1.165, 1.54) is 4.90 Å². The van der Waals surface area contributed by atoms with Crippen molar-refractivity contribution in [2.75, 3.05) is 19.6 Å². The van der Waals surface area contributed by atoms with Crippen molar-refractivity contribution in [3.8, 4) is 0 Å². The van der Waals surface area contributed by atoms with Crippen molar-refractivity contribution in [2.45, 2.75) is 31.2 Å². The highest BCUT2D eigenvalue weighted by Crippen LogP contribution is 2.35. The van der Waals surface area contributed by atoms with Gasteiger partial charge in [-0.1, -0.05) is 36.4 Å². The van der Waals surface area contributed by atoms with Crippen LogP contribution < -0.4 is 10.6 Å². The number of imide groups is 1. The van der Waals surface area contributed by atoms with E-state index in [2.05, 4.69) is 15.6 Å². The molecule has 6 nitrogen and oxygen atoms in total. The Balaban J connectivity index is 1.58. The Morgan fingerprint density at radius 2 is 1.79 bits per heavy atom. The van der Waals surface area contributed by atoms with Crippen LogP contribution in [0.25, 0.3) is 0 Å². The largest absolute Gasteiger partial charge is 0.325 e. The lowest BCUT2D eigenvalue weighted by molar-refractivity contribution is -0.133. The van der Waals surface area contributed by atoms with E-state index in [9.17, 15) is 9.59 Å². The first kappa shape index (κ1) is 18.6. The van der Waals surface area contributed by atoms with Crippen LogP contribution in [0.4, 0.5) is 4.79 Å². The topological polar surface area (TPSA) is 74.3 Å². The molecule has 2 N–H and O–H groups in total. The highest BCUT2D eigenvalue weighted by Gasteiger charge is 2.55. The first-order valence-electron chi connectivity index (χ1n) is 9.98. The average molecular weight is 378 g/mol. The van der Waals surface area contributed by atoms with Crippen molar-refractivity contribution in [3.63, 3.8) is 0 Å². The molecule has 1 atom stereocenters. The molecule has 3 amide bonds. The van der Waals surface area contributed by atoms with Crippen molar-refractivity contribution in [1.82, 2.24) is 20.5 Å². The number of nitrogens with one attached hydrogen (secondary N) is 2. The molecule has 0 radical (unpaired) electrons. The van der Waals surface area contributed by atoms with Crippen molar-refractivity contribution in [1.29, 1.82) is 0 Å². The lowest BCUT2D eigenvalue weighted by Crippen LogP contribution is -2.57. The standard InChI is InChI=1S/C22H26N4O2/c27-20-22(18-9-13-23-14-10-18,16-17-6-2-1-3-7-17)25-21(28)26(20)15-11-19-8-4-5-12-24-19/h1-8,12,18,23H,9-11,13-16H2,(H,25,28). The number of pyridine rings is 1. The van der Waals surface area contributed by atoms with Gasteiger partial charge < -0.3 is 10.6 Å². The fraction of sp³-hybridized carbons (Fsp3) is 0.409. The Morgan fingerprint density at radius 1 is 1.04 bits per heavy atom. The molecule has 2 aliphatic heterocycles. The SMILES string of the molecule is O=C1NC(Cc2ccccc2)(C2CCNCC2)C(=O)N1CCc1ccccn1. The fourth-order valence-electron chi connectivity index (χ4n) is 4.39. The molecule has 2 fully saturated rings. The van der Waals surface area contributed by atoms with Crippen LogP contribution in [0.5, 0.6) is 0 Å². The van der Waals surface area contributed by atoms with E-state index >= 15 is 0 Å². The van der Waals surface area contributed by atoms with E-state index in [-0.39, 0.29) is 17.9 Å². The maximum Gasteiger partial charge on any atom is 0.325 e. The van der Waals surface area contributed by atoms with Crippen LogP contribution in [0.3, 0.4) is 0 Å². The molecule has 0 bridgehead atoms. The van der Waals surface area contributed by atoms with Gasteiger partial charge in [-0.2, -0.15) is 0 Å². The predicted octanol–water partition coefficient (Wildman–Crippen LogP) is 2.16. The molecule has 1 unspecified atom stereocenters. The molecular weight excluding hydrogens is 352 g/mol. The van der Waals surface area contributed by atoms with Crippen LogP contribution >= 0.6 is 0 Å². The number of hydrogen-bond donors (Lipinski definition) is 2. The van der Waals surface area contributed by atoms with E-state index in [0.717, 1.165) is 37.2 Å². The molecule has 146 valence electrons. The Labute approximate surface area is 165 Å². The zero-order chi connectivity index (χ0) is 19.4. The number of amides is 3. The monoisotopic (exact) mass is 378 g/mol. The zero-order valence-corrected chi connectivity index (χ0v) is 15.9. The van der Waals surface area contributed by atoms with Crippen LogP contribution in [0.15, 0.2) is 54.7 Å². The minimum absolute atomic E-state index is 0.0933. The number of urea groups is 1. The number of carbonyl (C=O) groups excluding carboxylic acids is 2. The van der Waals surface area contributed by atoms with Gasteiger partial charge in [0, 0.05) is 31.3 Å². The summed E-state index contributed by atoms with van der Waals surface area (Å²) in [6.07, 6.45) is 4.59. The number of nitrogens with zero attached hydrogens (tertiary/aromatic N) is 2. The lowest BCUT2D eigenvalue weighted by atomic mass is 9.74. The van der Waals surface area contributed by atoms with Crippen molar-refractivity contribution < 1.29 is 9.59 Å². The number of aromatic nitrogens is 1. The second kappa shape index (κ2) is 8.10. The first-order chi connectivity index (χ1) is 13.7. The summed E-state index contributed by atoms with van der Waals surface area (Å²) in [5, 5.41) is 6.47. The second-order valence-corrected chi connectivity index (χ2v) is 7.62. The summed E-state index contributed by atoms with van der Waals surface area (Å²) in [7, 11) is 0. The average Bonchev–Trinajstić information content (AvgIpc) is 2.99. The second-order valence-electron chi connectivity index (χ2n) is 7.62. The van der Waals surface area contributed by atoms with E-state index in [4.69, 9.17) is 0 Å². The van der Waals surface area contributed by atoms with Gasteiger partial charge >= 0.3 is 6.03 Å². The summed E-state index contributed by atoms with van der Waals surface area (Å²) in [6.45, 7) is 2.10. The Kier molecular flexibility index (Phi) is 5.39. The summed E-state index contributed by atoms with van der Waals surface area (Å²) in [5.41, 5.74) is 1.09. The van der Waals surface area contributed by atoms with Crippen LogP contribution in [0, 0.1) is 5.92 Å². The van der Waals surface area contributed by atoms with Crippen LogP contribution in [0.1, 0.15) is 24.1 Å². The van der Waals surface area contributed by atoms with Gasteiger partial charge in [-0.3, -0.25) is 14.7 Å². The molecule has 6 heteroatoms. The molecule has 28 heavy (non-hydrogen) atoms. The summed E-state index contributed by atoms with van der Waals surface area (Å²) in [5.74, 6) is 0.0365. The molecule has 1 aromatic carbocycles. The van der Waals surface area contributed by atoms with Crippen LogP contribution in [-0.2, 0) is 17.6 Å². The summed E-state index contributed by atoms with van der Waals surface area (Å²) < 4.78 is 0. The van der Waals surface area contributed by atoms with E-state index in [1.54, 1.807) is 6.20 Å². The predicted molar refractivity (Wildman–Crippen MR) is 107 cm³/mol. The van der Waals surface area contributed by atoms with Gasteiger partial charge in [0.25, 0.3) is 5.91 Å². The van der Waals surface area contributed by atoms with Gasteiger partial charge in [0.2, 0.25) is 0 Å². The molecule has 3 heterocycles. The third-order valence-corrected chi connectivity index (χ3v) is 5.88. The molecule has 1 aromatic heterocycles. The maximum absolute atomic E-state index is 13.6. The minimum Gasteiger partial charge on any atom is -0.322 e. The van der Waals surface area contributed by atoms with Crippen LogP contribution in [-0.4, -0.2) is 47.0 Å². The van der Waals surface area contributed by atoms with Crippen molar-refractivity contribution in [2.24, 2.45) is 5.92 Å². The zero-order valence-electron chi connectivity index (χ0n) is 15.9. The van der Waals surface area contributed by atoms with Crippen molar-refractivity contribution in [3.05, 3.63) is 66.0 Å². The third-order valence-electron chi connectivity index (χ3n) is 5.88. The molecular formula is C22H26N4O2. The smallest absolute Gasteiger partial charge is 0.322 e.